The first kappa shape index (κ1) is 47.8. The summed E-state index contributed by atoms with van der Waals surface area (Å²) >= 11 is 0. The van der Waals surface area contributed by atoms with Gasteiger partial charge in [0.1, 0.15) is 6.61 Å². The number of benzene rings is 7. The number of likely N-dealkylation sites (tertiary alicyclic amines) is 2. The minimum absolute atomic E-state index is 0.0553. The summed E-state index contributed by atoms with van der Waals surface area (Å²) in [6.45, 7) is 5.18. The molecule has 364 valence electrons. The van der Waals surface area contributed by atoms with Crippen LogP contribution < -0.4 is 9.80 Å². The van der Waals surface area contributed by atoms with Gasteiger partial charge in [0.25, 0.3) is 0 Å². The zero-order valence-corrected chi connectivity index (χ0v) is 41.2. The molecule has 2 aliphatic heterocycles. The van der Waals surface area contributed by atoms with Crippen LogP contribution in [-0.2, 0) is 43.9 Å². The molecule has 7 aromatic carbocycles. The standard InChI is InChI=1S/C35H33N3O3.C28H31N3/c39-34(33-17-10-20-38(33)35(40)41-25-28-15-8-3-9-16-28)31-22-36-32-19-18-29(21-30(31)32)37(23-26-11-4-1-5-12-26)24-27-13-6-2-7-14-27;1-30-16-8-13-25(30)17-24-19-29-28-15-14-26(18-27(24)28)31(20-22-9-4-2-5-10-22)21-23-11-6-3-7-12-23/h1-9,11-16,18-19,21-22,33,36H,10,17,20,23-25H2;2-7,9-12,14-15,18-19,25,29H,8,13,16-17,20-21H2,1H3/t33-;25-/m11/s1. The number of amides is 1. The highest BCUT2D eigenvalue weighted by Gasteiger charge is 2.36. The van der Waals surface area contributed by atoms with Crippen molar-refractivity contribution in [2.24, 2.45) is 0 Å². The maximum atomic E-state index is 13.9. The molecule has 2 aromatic heterocycles. The zero-order chi connectivity index (χ0) is 49.1. The third kappa shape index (κ3) is 11.7. The van der Waals surface area contributed by atoms with Gasteiger partial charge in [-0.3, -0.25) is 9.69 Å². The van der Waals surface area contributed by atoms with E-state index in [1.807, 2.05) is 48.5 Å². The number of fused-ring (bicyclic) bond motifs is 2. The van der Waals surface area contributed by atoms with E-state index in [1.165, 1.54) is 63.8 Å². The number of carbonyl (C=O) groups excluding carboxylic acids is 2. The lowest BCUT2D eigenvalue weighted by Gasteiger charge is -2.26. The van der Waals surface area contributed by atoms with Crippen molar-refractivity contribution in [1.29, 1.82) is 0 Å². The van der Waals surface area contributed by atoms with E-state index in [2.05, 4.69) is 177 Å². The predicted octanol–water partition coefficient (Wildman–Crippen LogP) is 13.4. The van der Waals surface area contributed by atoms with E-state index in [-0.39, 0.29) is 12.4 Å². The maximum absolute atomic E-state index is 13.9. The lowest BCUT2D eigenvalue weighted by molar-refractivity contribution is 0.0739. The Morgan fingerprint density at radius 3 is 1.50 bits per heavy atom. The van der Waals surface area contributed by atoms with Crippen molar-refractivity contribution in [3.8, 4) is 0 Å². The van der Waals surface area contributed by atoms with Gasteiger partial charge in [-0.15, -0.1) is 0 Å². The summed E-state index contributed by atoms with van der Waals surface area (Å²) in [6.07, 6.45) is 8.69. The van der Waals surface area contributed by atoms with Gasteiger partial charge >= 0.3 is 6.09 Å². The number of ether oxygens (including phenoxy) is 1. The summed E-state index contributed by atoms with van der Waals surface area (Å²) in [5.41, 5.74) is 12.5. The van der Waals surface area contributed by atoms with Crippen LogP contribution in [0.4, 0.5) is 16.2 Å². The van der Waals surface area contributed by atoms with Crippen molar-refractivity contribution >= 4 is 45.1 Å². The predicted molar refractivity (Wildman–Crippen MR) is 292 cm³/mol. The fourth-order valence-electron chi connectivity index (χ4n) is 10.5. The molecule has 0 unspecified atom stereocenters. The molecule has 1 amide bonds. The molecule has 2 saturated heterocycles. The quantitative estimate of drug-likeness (QED) is 0.0938. The van der Waals surface area contributed by atoms with Gasteiger partial charge in [-0.2, -0.15) is 0 Å². The summed E-state index contributed by atoms with van der Waals surface area (Å²) in [6, 6.07) is 65.2. The van der Waals surface area contributed by atoms with Gasteiger partial charge in [-0.05, 0) is 115 Å². The molecule has 2 aliphatic rings. The molecule has 0 spiro atoms. The van der Waals surface area contributed by atoms with E-state index in [9.17, 15) is 9.59 Å². The van der Waals surface area contributed by atoms with Gasteiger partial charge in [0, 0.05) is 89.9 Å². The second kappa shape index (κ2) is 22.9. The molecule has 11 rings (SSSR count). The fourth-order valence-corrected chi connectivity index (χ4v) is 10.5. The lowest BCUT2D eigenvalue weighted by atomic mass is 10.0. The molecule has 0 bridgehead atoms. The number of anilines is 2. The Kier molecular flexibility index (Phi) is 15.2. The molecule has 9 nitrogen and oxygen atoms in total. The molecule has 0 saturated carbocycles. The normalized spacial score (nSPS) is 15.6. The number of hydrogen-bond acceptors (Lipinski definition) is 6. The van der Waals surface area contributed by atoms with Crippen LogP contribution in [0.1, 0.15) is 69.4 Å². The molecule has 72 heavy (non-hydrogen) atoms. The van der Waals surface area contributed by atoms with Gasteiger partial charge in [0.05, 0.1) is 6.04 Å². The smallest absolute Gasteiger partial charge is 0.410 e. The van der Waals surface area contributed by atoms with Crippen molar-refractivity contribution in [1.82, 2.24) is 19.8 Å². The highest BCUT2D eigenvalue weighted by atomic mass is 16.6. The molecule has 9 heteroatoms. The first-order valence-electron chi connectivity index (χ1n) is 25.5. The molecular weight excluding hydrogens is 889 g/mol. The number of carbonyl (C=O) groups is 2. The molecule has 2 atom stereocenters. The van der Waals surface area contributed by atoms with Crippen LogP contribution in [0.5, 0.6) is 0 Å². The van der Waals surface area contributed by atoms with E-state index < -0.39 is 12.1 Å². The third-order valence-corrected chi connectivity index (χ3v) is 14.4. The summed E-state index contributed by atoms with van der Waals surface area (Å²) < 4.78 is 5.58. The van der Waals surface area contributed by atoms with Crippen molar-refractivity contribution < 1.29 is 14.3 Å². The van der Waals surface area contributed by atoms with Gasteiger partial charge in [0.2, 0.25) is 0 Å². The van der Waals surface area contributed by atoms with Crippen molar-refractivity contribution in [3.63, 3.8) is 0 Å². The van der Waals surface area contributed by atoms with Crippen LogP contribution in [0.3, 0.4) is 0 Å². The van der Waals surface area contributed by atoms with E-state index in [1.54, 1.807) is 11.1 Å². The Hall–Kier alpha value is -7.88. The van der Waals surface area contributed by atoms with Crippen molar-refractivity contribution in [2.75, 3.05) is 29.9 Å². The van der Waals surface area contributed by atoms with Crippen LogP contribution in [0.15, 0.2) is 200 Å². The minimum atomic E-state index is -0.536. The molecule has 2 fully saturated rings. The summed E-state index contributed by atoms with van der Waals surface area (Å²) in [7, 11) is 2.26. The Labute approximate surface area is 423 Å². The summed E-state index contributed by atoms with van der Waals surface area (Å²) in [5.74, 6) is -0.0553. The molecule has 0 radical (unpaired) electrons. The molecule has 4 heterocycles. The Morgan fingerprint density at radius 2 is 1.00 bits per heavy atom. The highest BCUT2D eigenvalue weighted by molar-refractivity contribution is 6.11. The molecule has 9 aromatic rings. The first-order chi connectivity index (χ1) is 35.4. The average molecular weight is 953 g/mol. The van der Waals surface area contributed by atoms with Crippen LogP contribution >= 0.6 is 0 Å². The number of aromatic nitrogens is 2. The SMILES string of the molecule is CN1CCC[C@@H]1Cc1c[nH]c2ccc(N(Cc3ccccc3)Cc3ccccc3)cc12.O=C(c1c[nH]c2ccc(N(Cc3ccccc3)Cc3ccccc3)cc12)[C@H]1CCCN1C(=O)OCc1ccccc1. The largest absolute Gasteiger partial charge is 0.445 e. The second-order valence-electron chi connectivity index (χ2n) is 19.4. The van der Waals surface area contributed by atoms with Gasteiger partial charge in [0.15, 0.2) is 5.78 Å². The Balaban J connectivity index is 0.000000172. The number of likely N-dealkylation sites (N-methyl/N-ethyl adjacent to an activating group) is 1. The zero-order valence-electron chi connectivity index (χ0n) is 41.2. The lowest BCUT2D eigenvalue weighted by Crippen LogP contribution is -2.40. The maximum Gasteiger partial charge on any atom is 0.410 e. The number of Topliss-reactive ketones (excluding diaryl/α,β-unsaturated/α-hetero) is 1. The third-order valence-electron chi connectivity index (χ3n) is 14.4. The van der Waals surface area contributed by atoms with Crippen LogP contribution in [0, 0.1) is 0 Å². The molecule has 0 aliphatic carbocycles. The van der Waals surface area contributed by atoms with Crippen LogP contribution in [0.25, 0.3) is 21.8 Å². The van der Waals surface area contributed by atoms with Gasteiger partial charge in [-0.25, -0.2) is 4.79 Å². The van der Waals surface area contributed by atoms with E-state index in [0.29, 0.717) is 24.6 Å². The van der Waals surface area contributed by atoms with E-state index in [4.69, 9.17) is 4.74 Å². The Bertz CT molecular complexity index is 3080. The highest BCUT2D eigenvalue weighted by Crippen LogP contribution is 2.32. The minimum Gasteiger partial charge on any atom is -0.445 e. The average Bonchev–Trinajstić information content (AvgIpc) is 4.27. The fraction of sp³-hybridized carbons (Fsp3) is 0.238. The number of hydrogen-bond donors (Lipinski definition) is 2. The van der Waals surface area contributed by atoms with Gasteiger partial charge in [-0.1, -0.05) is 152 Å². The number of H-pyrrole nitrogens is 2. The van der Waals surface area contributed by atoms with Crippen molar-refractivity contribution in [3.05, 3.63) is 239 Å². The number of ketones is 1. The summed E-state index contributed by atoms with van der Waals surface area (Å²) in [5, 5.41) is 2.23. The Morgan fingerprint density at radius 1 is 0.542 bits per heavy atom. The topological polar surface area (TPSA) is 87.9 Å². The number of nitrogens with one attached hydrogen (secondary N) is 2. The first-order valence-corrected chi connectivity index (χ1v) is 25.5. The van der Waals surface area contributed by atoms with Crippen molar-refractivity contribution in [2.45, 2.75) is 77.0 Å². The number of rotatable bonds is 16. The van der Waals surface area contributed by atoms with Crippen LogP contribution in [-0.4, -0.2) is 63.9 Å². The monoisotopic (exact) mass is 953 g/mol. The van der Waals surface area contributed by atoms with Crippen LogP contribution in [0.2, 0.25) is 0 Å². The summed E-state index contributed by atoms with van der Waals surface area (Å²) in [4.78, 5) is 42.6. The second-order valence-corrected chi connectivity index (χ2v) is 19.4. The van der Waals surface area contributed by atoms with E-state index in [0.717, 1.165) is 61.2 Å². The molecular formula is C63H64N6O3. The van der Waals surface area contributed by atoms with E-state index >= 15 is 0 Å². The van der Waals surface area contributed by atoms with Gasteiger partial charge < -0.3 is 29.4 Å². The number of nitrogens with zero attached hydrogens (tertiary/aromatic N) is 4. The molecule has 2 N–H and O–H groups in total. The number of aromatic amines is 2.